The fourth-order valence-corrected chi connectivity index (χ4v) is 4.40. The Balaban J connectivity index is 1.65. The third-order valence-electron chi connectivity index (χ3n) is 3.64. The fraction of sp³-hybridized carbons (Fsp3) is 0.692. The average Bonchev–Trinajstić information content (AvgIpc) is 3.10. The minimum atomic E-state index is -3.09. The molecule has 1 saturated heterocycles. The van der Waals surface area contributed by atoms with E-state index in [9.17, 15) is 8.42 Å². The van der Waals surface area contributed by atoms with Gasteiger partial charge < -0.3 is 4.74 Å². The Morgan fingerprint density at radius 3 is 2.65 bits per heavy atom. The minimum Gasteiger partial charge on any atom is -0.473 e. The van der Waals surface area contributed by atoms with Gasteiger partial charge in [-0.15, -0.1) is 0 Å². The summed E-state index contributed by atoms with van der Waals surface area (Å²) in [5.74, 6) is 1.20. The molecule has 20 heavy (non-hydrogen) atoms. The number of rotatable bonds is 4. The first-order valence-corrected chi connectivity index (χ1v) is 8.43. The van der Waals surface area contributed by atoms with E-state index in [1.165, 1.54) is 0 Å². The molecule has 0 N–H and O–H groups in total. The van der Waals surface area contributed by atoms with Gasteiger partial charge in [-0.2, -0.15) is 9.29 Å². The van der Waals surface area contributed by atoms with Crippen LogP contribution in [0.5, 0.6) is 5.88 Å². The van der Waals surface area contributed by atoms with Crippen LogP contribution in [0.2, 0.25) is 0 Å². The lowest BCUT2D eigenvalue weighted by Gasteiger charge is -2.16. The van der Waals surface area contributed by atoms with E-state index in [1.54, 1.807) is 10.4 Å². The highest BCUT2D eigenvalue weighted by atomic mass is 32.2. The summed E-state index contributed by atoms with van der Waals surface area (Å²) in [6.07, 6.45) is 2.20. The summed E-state index contributed by atoms with van der Waals surface area (Å²) in [5.41, 5.74) is 0.855. The molecule has 1 aromatic heterocycles. The predicted molar refractivity (Wildman–Crippen MR) is 74.1 cm³/mol. The van der Waals surface area contributed by atoms with Crippen molar-refractivity contribution in [2.24, 2.45) is 0 Å². The van der Waals surface area contributed by atoms with E-state index < -0.39 is 10.0 Å². The first-order chi connectivity index (χ1) is 9.45. The van der Waals surface area contributed by atoms with Crippen LogP contribution in [-0.2, 0) is 10.0 Å². The molecule has 0 unspecified atom stereocenters. The summed E-state index contributed by atoms with van der Waals surface area (Å²) in [7, 11) is -3.09. The molecular formula is C13H19N3O3S. The number of nitrogens with zero attached hydrogens (tertiary/aromatic N) is 3. The first-order valence-electron chi connectivity index (χ1n) is 6.93. The molecule has 1 saturated carbocycles. The molecule has 1 aliphatic carbocycles. The van der Waals surface area contributed by atoms with Crippen LogP contribution < -0.4 is 4.74 Å². The summed E-state index contributed by atoms with van der Waals surface area (Å²) in [5, 5.41) is -0.148. The maximum atomic E-state index is 12.1. The second kappa shape index (κ2) is 4.96. The van der Waals surface area contributed by atoms with Crippen LogP contribution in [0, 0.1) is 13.8 Å². The third-order valence-corrected chi connectivity index (χ3v) is 6.01. The maximum absolute atomic E-state index is 12.1. The summed E-state index contributed by atoms with van der Waals surface area (Å²) < 4.78 is 31.7. The maximum Gasteiger partial charge on any atom is 0.217 e. The molecule has 2 aliphatic rings. The molecule has 3 rings (SSSR count). The van der Waals surface area contributed by atoms with Crippen molar-refractivity contribution in [2.45, 2.75) is 44.5 Å². The molecule has 1 aromatic rings. The molecule has 110 valence electrons. The minimum absolute atomic E-state index is 0.114. The molecule has 6 nitrogen and oxygen atoms in total. The van der Waals surface area contributed by atoms with Gasteiger partial charge in [0.15, 0.2) is 0 Å². The number of ether oxygens (including phenoxy) is 1. The number of sulfonamides is 1. The Morgan fingerprint density at radius 2 is 2.00 bits per heavy atom. The summed E-state index contributed by atoms with van der Waals surface area (Å²) >= 11 is 0. The molecular weight excluding hydrogens is 278 g/mol. The second-order valence-corrected chi connectivity index (χ2v) is 7.74. The van der Waals surface area contributed by atoms with E-state index in [0.717, 1.165) is 18.5 Å². The predicted octanol–water partition coefficient (Wildman–Crippen LogP) is 1.04. The van der Waals surface area contributed by atoms with E-state index in [4.69, 9.17) is 4.74 Å². The molecule has 0 aromatic carbocycles. The molecule has 1 atom stereocenters. The molecule has 0 amide bonds. The Bertz CT molecular complexity index is 593. The quantitative estimate of drug-likeness (QED) is 0.830. The van der Waals surface area contributed by atoms with Crippen molar-refractivity contribution >= 4 is 10.0 Å². The van der Waals surface area contributed by atoms with Crippen LogP contribution in [0.4, 0.5) is 0 Å². The van der Waals surface area contributed by atoms with Gasteiger partial charge in [-0.3, -0.25) is 0 Å². The van der Waals surface area contributed by atoms with Crippen molar-refractivity contribution in [3.63, 3.8) is 0 Å². The number of aromatic nitrogens is 2. The van der Waals surface area contributed by atoms with E-state index in [0.29, 0.717) is 31.2 Å². The fourth-order valence-electron chi connectivity index (χ4n) is 2.52. The van der Waals surface area contributed by atoms with Gasteiger partial charge in [0.2, 0.25) is 15.9 Å². The van der Waals surface area contributed by atoms with Gasteiger partial charge in [-0.1, -0.05) is 0 Å². The second-order valence-electron chi connectivity index (χ2n) is 5.53. The van der Waals surface area contributed by atoms with E-state index >= 15 is 0 Å². The molecule has 0 bridgehead atoms. The van der Waals surface area contributed by atoms with Crippen LogP contribution in [0.25, 0.3) is 0 Å². The normalized spacial score (nSPS) is 24.0. The van der Waals surface area contributed by atoms with Gasteiger partial charge in [0.25, 0.3) is 0 Å². The third kappa shape index (κ3) is 2.78. The Morgan fingerprint density at radius 1 is 1.25 bits per heavy atom. The zero-order valence-electron chi connectivity index (χ0n) is 11.7. The summed E-state index contributed by atoms with van der Waals surface area (Å²) in [4.78, 5) is 8.43. The number of hydrogen-bond donors (Lipinski definition) is 0. The van der Waals surface area contributed by atoms with Gasteiger partial charge >= 0.3 is 0 Å². The molecule has 2 heterocycles. The van der Waals surface area contributed by atoms with Crippen LogP contribution in [0.3, 0.4) is 0 Å². The number of aryl methyl sites for hydroxylation is 2. The summed E-state index contributed by atoms with van der Waals surface area (Å²) in [6.45, 7) is 4.69. The Hall–Kier alpha value is -1.21. The molecule has 1 aliphatic heterocycles. The van der Waals surface area contributed by atoms with Gasteiger partial charge in [-0.25, -0.2) is 13.4 Å². The van der Waals surface area contributed by atoms with Gasteiger partial charge in [0, 0.05) is 18.3 Å². The monoisotopic (exact) mass is 297 g/mol. The average molecular weight is 297 g/mol. The van der Waals surface area contributed by atoms with Gasteiger partial charge in [0.05, 0.1) is 11.8 Å². The van der Waals surface area contributed by atoms with Crippen molar-refractivity contribution < 1.29 is 13.2 Å². The highest BCUT2D eigenvalue weighted by Crippen LogP contribution is 2.33. The lowest BCUT2D eigenvalue weighted by Crippen LogP contribution is -2.33. The Labute approximate surface area is 119 Å². The molecule has 2 fully saturated rings. The SMILES string of the molecule is Cc1cc(O[C@@H]2CCN(S(=O)(=O)C3CC3)C2)nc(C)n1. The van der Waals surface area contributed by atoms with Gasteiger partial charge in [-0.05, 0) is 33.1 Å². The first kappa shape index (κ1) is 13.8. The van der Waals surface area contributed by atoms with Crippen molar-refractivity contribution in [2.75, 3.05) is 13.1 Å². The van der Waals surface area contributed by atoms with Crippen LogP contribution >= 0.6 is 0 Å². The zero-order valence-corrected chi connectivity index (χ0v) is 12.6. The van der Waals surface area contributed by atoms with Crippen molar-refractivity contribution in [3.05, 3.63) is 17.6 Å². The van der Waals surface area contributed by atoms with Crippen molar-refractivity contribution in [3.8, 4) is 5.88 Å². The van der Waals surface area contributed by atoms with Crippen LogP contribution in [0.15, 0.2) is 6.07 Å². The lowest BCUT2D eigenvalue weighted by atomic mass is 10.3. The largest absolute Gasteiger partial charge is 0.473 e. The topological polar surface area (TPSA) is 72.4 Å². The lowest BCUT2D eigenvalue weighted by molar-refractivity contribution is 0.206. The van der Waals surface area contributed by atoms with E-state index in [1.807, 2.05) is 13.8 Å². The zero-order chi connectivity index (χ0) is 14.3. The smallest absolute Gasteiger partial charge is 0.217 e. The van der Waals surface area contributed by atoms with Crippen LogP contribution in [0.1, 0.15) is 30.8 Å². The van der Waals surface area contributed by atoms with Gasteiger partial charge in [0.1, 0.15) is 11.9 Å². The van der Waals surface area contributed by atoms with E-state index in [2.05, 4.69) is 9.97 Å². The van der Waals surface area contributed by atoms with Crippen molar-refractivity contribution in [1.29, 1.82) is 0 Å². The van der Waals surface area contributed by atoms with Crippen LogP contribution in [-0.4, -0.2) is 47.1 Å². The number of hydrogen-bond acceptors (Lipinski definition) is 5. The Kier molecular flexibility index (Phi) is 3.41. The highest BCUT2D eigenvalue weighted by Gasteiger charge is 2.43. The molecule has 0 spiro atoms. The highest BCUT2D eigenvalue weighted by molar-refractivity contribution is 7.90. The van der Waals surface area contributed by atoms with E-state index in [-0.39, 0.29) is 11.4 Å². The van der Waals surface area contributed by atoms with Crippen molar-refractivity contribution in [1.82, 2.24) is 14.3 Å². The summed E-state index contributed by atoms with van der Waals surface area (Å²) in [6, 6.07) is 1.78. The molecule has 7 heteroatoms. The molecule has 0 radical (unpaired) electrons. The standard InChI is InChI=1S/C13H19N3O3S/c1-9-7-13(15-10(2)14-9)19-11-5-6-16(8-11)20(17,18)12-3-4-12/h7,11-12H,3-6,8H2,1-2H3/t11-/m1/s1.